The maximum Gasteiger partial charge on any atom is 0.229 e. The molecule has 0 aromatic heterocycles. The molecule has 4 heteroatoms. The van der Waals surface area contributed by atoms with Crippen LogP contribution in [0, 0.1) is 23.2 Å². The normalized spacial score (nSPS) is 34.3. The van der Waals surface area contributed by atoms with Gasteiger partial charge in [0, 0.05) is 18.7 Å². The van der Waals surface area contributed by atoms with Crippen molar-refractivity contribution in [2.24, 2.45) is 23.2 Å². The van der Waals surface area contributed by atoms with Crippen LogP contribution < -0.4 is 0 Å². The lowest BCUT2D eigenvalue weighted by molar-refractivity contribution is -0.158. The van der Waals surface area contributed by atoms with Gasteiger partial charge in [0.15, 0.2) is 5.78 Å². The SMILES string of the molecule is O=C(CO)c1ccc2c(c1)CCCN(C(=O)C13CC4CC(CC(C4)C1)C3)C2. The molecule has 0 unspecified atom stereocenters. The van der Waals surface area contributed by atoms with Crippen LogP contribution in [0.4, 0.5) is 0 Å². The molecule has 1 N–H and O–H groups in total. The Hall–Kier alpha value is -1.68. The Balaban J connectivity index is 1.39. The van der Waals surface area contributed by atoms with E-state index in [-0.39, 0.29) is 11.2 Å². The molecule has 1 aliphatic heterocycles. The Morgan fingerprint density at radius 2 is 1.70 bits per heavy atom. The number of aliphatic hydroxyl groups excluding tert-OH is 1. The highest BCUT2D eigenvalue weighted by Crippen LogP contribution is 2.60. The zero-order chi connectivity index (χ0) is 18.6. The summed E-state index contributed by atoms with van der Waals surface area (Å²) in [5.74, 6) is 2.53. The molecule has 1 aromatic carbocycles. The van der Waals surface area contributed by atoms with Crippen molar-refractivity contribution in [1.82, 2.24) is 4.90 Å². The highest BCUT2D eigenvalue weighted by molar-refractivity contribution is 5.97. The third kappa shape index (κ3) is 2.93. The summed E-state index contributed by atoms with van der Waals surface area (Å²) < 4.78 is 0. The van der Waals surface area contributed by atoms with Crippen LogP contribution in [-0.2, 0) is 17.8 Å². The molecule has 4 bridgehead atoms. The summed E-state index contributed by atoms with van der Waals surface area (Å²) in [6.45, 7) is 1.04. The zero-order valence-corrected chi connectivity index (χ0v) is 16.0. The van der Waals surface area contributed by atoms with E-state index in [1.807, 2.05) is 12.1 Å². The van der Waals surface area contributed by atoms with Crippen molar-refractivity contribution in [3.05, 3.63) is 34.9 Å². The molecule has 4 aliphatic carbocycles. The van der Waals surface area contributed by atoms with E-state index in [0.29, 0.717) is 18.0 Å². The van der Waals surface area contributed by atoms with Gasteiger partial charge >= 0.3 is 0 Å². The van der Waals surface area contributed by atoms with Crippen LogP contribution in [-0.4, -0.2) is 34.8 Å². The van der Waals surface area contributed by atoms with E-state index in [4.69, 9.17) is 5.11 Å². The second-order valence-electron chi connectivity index (χ2n) is 9.59. The molecule has 4 fully saturated rings. The minimum Gasteiger partial charge on any atom is -0.388 e. The average Bonchev–Trinajstić information content (AvgIpc) is 2.87. The van der Waals surface area contributed by atoms with E-state index in [2.05, 4.69) is 4.90 Å². The minimum atomic E-state index is -0.449. The molecule has 27 heavy (non-hydrogen) atoms. The van der Waals surface area contributed by atoms with E-state index in [1.165, 1.54) is 24.8 Å². The average molecular weight is 367 g/mol. The Labute approximate surface area is 160 Å². The van der Waals surface area contributed by atoms with Gasteiger partial charge in [0.25, 0.3) is 0 Å². The smallest absolute Gasteiger partial charge is 0.229 e. The standard InChI is InChI=1S/C23H29NO3/c25-14-21(26)19-3-4-20-13-24(5-1-2-18(20)9-19)22(27)23-10-15-6-16(11-23)8-17(7-15)12-23/h3-4,9,15-17,25H,1-2,5-8,10-14H2. The summed E-state index contributed by atoms with van der Waals surface area (Å²) in [5.41, 5.74) is 2.83. The fourth-order valence-corrected chi connectivity index (χ4v) is 6.90. The molecule has 1 amide bonds. The summed E-state index contributed by atoms with van der Waals surface area (Å²) in [6.07, 6.45) is 9.26. The van der Waals surface area contributed by atoms with Crippen molar-refractivity contribution in [2.75, 3.05) is 13.2 Å². The number of ketones is 1. The zero-order valence-electron chi connectivity index (χ0n) is 16.0. The molecule has 4 nitrogen and oxygen atoms in total. The van der Waals surface area contributed by atoms with Gasteiger partial charge in [-0.25, -0.2) is 0 Å². The highest BCUT2D eigenvalue weighted by Gasteiger charge is 2.55. The molecular formula is C23H29NO3. The van der Waals surface area contributed by atoms with E-state index in [0.717, 1.165) is 62.0 Å². The van der Waals surface area contributed by atoms with Crippen LogP contribution in [0.25, 0.3) is 0 Å². The van der Waals surface area contributed by atoms with Gasteiger partial charge in [-0.3, -0.25) is 9.59 Å². The van der Waals surface area contributed by atoms with E-state index in [9.17, 15) is 9.59 Å². The van der Waals surface area contributed by atoms with Crippen molar-refractivity contribution in [3.63, 3.8) is 0 Å². The number of fused-ring (bicyclic) bond motifs is 1. The second-order valence-corrected chi connectivity index (χ2v) is 9.59. The third-order valence-electron chi connectivity index (χ3n) is 7.69. The van der Waals surface area contributed by atoms with Crippen LogP contribution in [0.2, 0.25) is 0 Å². The molecule has 1 heterocycles. The molecule has 0 radical (unpaired) electrons. The van der Waals surface area contributed by atoms with Crippen molar-refractivity contribution in [1.29, 1.82) is 0 Å². The molecule has 0 spiro atoms. The molecule has 1 aromatic rings. The molecule has 5 aliphatic rings. The maximum absolute atomic E-state index is 13.7. The topological polar surface area (TPSA) is 57.6 Å². The fourth-order valence-electron chi connectivity index (χ4n) is 6.90. The first-order valence-electron chi connectivity index (χ1n) is 10.6. The fraction of sp³-hybridized carbons (Fsp3) is 0.652. The second kappa shape index (κ2) is 6.44. The quantitative estimate of drug-likeness (QED) is 0.834. The predicted molar refractivity (Wildman–Crippen MR) is 102 cm³/mol. The number of rotatable bonds is 3. The number of aryl methyl sites for hydroxylation is 1. The van der Waals surface area contributed by atoms with Crippen LogP contribution >= 0.6 is 0 Å². The number of aliphatic hydroxyl groups is 1. The molecule has 0 atom stereocenters. The Kier molecular flexibility index (Phi) is 4.15. The number of nitrogens with zero attached hydrogens (tertiary/aromatic N) is 1. The first-order valence-corrected chi connectivity index (χ1v) is 10.6. The number of carbonyl (C=O) groups is 2. The monoisotopic (exact) mass is 367 g/mol. The Morgan fingerprint density at radius 3 is 2.33 bits per heavy atom. The van der Waals surface area contributed by atoms with Crippen molar-refractivity contribution in [2.45, 2.75) is 57.9 Å². The molecule has 144 valence electrons. The molecule has 6 rings (SSSR count). The lowest BCUT2D eigenvalue weighted by atomic mass is 9.49. The summed E-state index contributed by atoms with van der Waals surface area (Å²) in [6, 6.07) is 5.71. The highest BCUT2D eigenvalue weighted by atomic mass is 16.3. The summed E-state index contributed by atoms with van der Waals surface area (Å²) in [4.78, 5) is 27.6. The van der Waals surface area contributed by atoms with Gasteiger partial charge in [-0.05, 0) is 86.3 Å². The lowest BCUT2D eigenvalue weighted by Crippen LogP contribution is -2.54. The van der Waals surface area contributed by atoms with E-state index in [1.54, 1.807) is 6.07 Å². The van der Waals surface area contributed by atoms with Gasteiger partial charge in [0.05, 0.1) is 5.41 Å². The summed E-state index contributed by atoms with van der Waals surface area (Å²) in [7, 11) is 0. The number of benzene rings is 1. The lowest BCUT2D eigenvalue weighted by Gasteiger charge is -2.56. The number of hydrogen-bond acceptors (Lipinski definition) is 3. The molecule has 4 saturated carbocycles. The number of Topliss-reactive ketones (excluding diaryl/α,β-unsaturated/α-hetero) is 1. The summed E-state index contributed by atoms with van der Waals surface area (Å²) >= 11 is 0. The summed E-state index contributed by atoms with van der Waals surface area (Å²) in [5, 5.41) is 9.11. The van der Waals surface area contributed by atoms with Crippen molar-refractivity contribution in [3.8, 4) is 0 Å². The van der Waals surface area contributed by atoms with Crippen LogP contribution in [0.5, 0.6) is 0 Å². The largest absolute Gasteiger partial charge is 0.388 e. The molecular weight excluding hydrogens is 338 g/mol. The van der Waals surface area contributed by atoms with E-state index < -0.39 is 6.61 Å². The van der Waals surface area contributed by atoms with Crippen molar-refractivity contribution < 1.29 is 14.7 Å². The van der Waals surface area contributed by atoms with E-state index >= 15 is 0 Å². The van der Waals surface area contributed by atoms with Gasteiger partial charge in [-0.2, -0.15) is 0 Å². The number of hydrogen-bond donors (Lipinski definition) is 1. The maximum atomic E-state index is 13.7. The first-order chi connectivity index (χ1) is 13.1. The molecule has 0 saturated heterocycles. The van der Waals surface area contributed by atoms with Crippen LogP contribution in [0.15, 0.2) is 18.2 Å². The van der Waals surface area contributed by atoms with Crippen molar-refractivity contribution >= 4 is 11.7 Å². The van der Waals surface area contributed by atoms with Gasteiger partial charge < -0.3 is 10.0 Å². The van der Waals surface area contributed by atoms with Gasteiger partial charge in [0.2, 0.25) is 5.91 Å². The van der Waals surface area contributed by atoms with Crippen LogP contribution in [0.1, 0.15) is 66.4 Å². The Bertz CT molecular complexity index is 749. The first kappa shape index (κ1) is 17.4. The number of carbonyl (C=O) groups excluding carboxylic acids is 2. The predicted octanol–water partition coefficient (Wildman–Crippen LogP) is 3.35. The minimum absolute atomic E-state index is 0.0773. The van der Waals surface area contributed by atoms with Gasteiger partial charge in [0.1, 0.15) is 6.61 Å². The number of amides is 1. The van der Waals surface area contributed by atoms with Crippen LogP contribution in [0.3, 0.4) is 0 Å². The Morgan fingerprint density at radius 1 is 1.04 bits per heavy atom. The van der Waals surface area contributed by atoms with Gasteiger partial charge in [-0.1, -0.05) is 12.1 Å². The third-order valence-corrected chi connectivity index (χ3v) is 7.69. The van der Waals surface area contributed by atoms with Gasteiger partial charge in [-0.15, -0.1) is 0 Å².